The van der Waals surface area contributed by atoms with Gasteiger partial charge in [-0.05, 0) is 92.8 Å². The predicted molar refractivity (Wildman–Crippen MR) is 121 cm³/mol. The molecule has 0 amide bonds. The number of aliphatic hydroxyl groups is 1. The van der Waals surface area contributed by atoms with Crippen LogP contribution in [0.5, 0.6) is 0 Å². The van der Waals surface area contributed by atoms with Crippen molar-refractivity contribution in [2.24, 2.45) is 46.3 Å². The van der Waals surface area contributed by atoms with Crippen molar-refractivity contribution < 1.29 is 14.6 Å². The van der Waals surface area contributed by atoms with E-state index in [0.29, 0.717) is 36.0 Å². The molecular weight excluding hydrogens is 372 g/mol. The molecule has 8 atom stereocenters. The minimum atomic E-state index is -1.22. The van der Waals surface area contributed by atoms with Crippen molar-refractivity contribution in [1.29, 1.82) is 0 Å². The van der Waals surface area contributed by atoms with Crippen molar-refractivity contribution in [3.63, 3.8) is 0 Å². The van der Waals surface area contributed by atoms with E-state index in [0.717, 1.165) is 30.6 Å². The topological polar surface area (TPSA) is 46.5 Å². The van der Waals surface area contributed by atoms with Crippen LogP contribution < -0.4 is 0 Å². The van der Waals surface area contributed by atoms with E-state index in [1.54, 1.807) is 5.57 Å². The molecular formula is C27H44O3. The number of carbonyl (C=O) groups is 1. The molecule has 1 N–H and O–H groups in total. The number of esters is 1. The van der Waals surface area contributed by atoms with Crippen molar-refractivity contribution in [3.05, 3.63) is 11.6 Å². The van der Waals surface area contributed by atoms with Crippen LogP contribution in [0.4, 0.5) is 0 Å². The van der Waals surface area contributed by atoms with Crippen LogP contribution in [0.2, 0.25) is 0 Å². The SMILES string of the molecule is CC=C(CCC(C)C1CCC2C3CCC4(O)OC(=O)CC4(C)C3CCC12C)C(C)C. The lowest BCUT2D eigenvalue weighted by Crippen LogP contribution is -2.58. The van der Waals surface area contributed by atoms with Crippen LogP contribution in [0.15, 0.2) is 11.6 Å². The average Bonchev–Trinajstić information content (AvgIpc) is 3.14. The molecule has 1 saturated heterocycles. The Labute approximate surface area is 184 Å². The first-order valence-corrected chi connectivity index (χ1v) is 12.6. The lowest BCUT2D eigenvalue weighted by atomic mass is 9.47. The van der Waals surface area contributed by atoms with Crippen LogP contribution in [0.1, 0.15) is 99.3 Å². The van der Waals surface area contributed by atoms with Gasteiger partial charge in [0.1, 0.15) is 0 Å². The molecule has 30 heavy (non-hydrogen) atoms. The van der Waals surface area contributed by atoms with E-state index in [4.69, 9.17) is 4.74 Å². The molecule has 8 unspecified atom stereocenters. The van der Waals surface area contributed by atoms with E-state index in [9.17, 15) is 9.90 Å². The normalized spacial score (nSPS) is 46.9. The fourth-order valence-electron chi connectivity index (χ4n) is 8.72. The van der Waals surface area contributed by atoms with Crippen molar-refractivity contribution in [1.82, 2.24) is 0 Å². The highest BCUT2D eigenvalue weighted by molar-refractivity contribution is 5.73. The standard InChI is InChI=1S/C27H44O3/c1-7-19(17(2)3)9-8-18(4)21-10-11-22-20-12-15-27(29)26(6,16-24(28)30-27)23(20)13-14-25(21,22)5/h7,17-18,20-23,29H,8-16H2,1-6H3. The molecule has 4 rings (SSSR count). The summed E-state index contributed by atoms with van der Waals surface area (Å²) in [7, 11) is 0. The van der Waals surface area contributed by atoms with Gasteiger partial charge in [0.15, 0.2) is 0 Å². The van der Waals surface area contributed by atoms with Gasteiger partial charge in [-0.1, -0.05) is 46.3 Å². The summed E-state index contributed by atoms with van der Waals surface area (Å²) in [5.74, 6) is 2.62. The maximum Gasteiger partial charge on any atom is 0.309 e. The summed E-state index contributed by atoms with van der Waals surface area (Å²) in [5.41, 5.74) is 1.63. The Kier molecular flexibility index (Phi) is 5.70. The van der Waals surface area contributed by atoms with E-state index < -0.39 is 11.2 Å². The number of hydrogen-bond donors (Lipinski definition) is 1. The fourth-order valence-corrected chi connectivity index (χ4v) is 8.72. The highest BCUT2D eigenvalue weighted by Crippen LogP contribution is 2.69. The third-order valence-corrected chi connectivity index (χ3v) is 10.5. The molecule has 0 bridgehead atoms. The van der Waals surface area contributed by atoms with Gasteiger partial charge in [-0.2, -0.15) is 0 Å². The third-order valence-electron chi connectivity index (χ3n) is 10.5. The second-order valence-electron chi connectivity index (χ2n) is 12.0. The Morgan fingerprint density at radius 1 is 1.13 bits per heavy atom. The molecule has 0 aromatic heterocycles. The largest absolute Gasteiger partial charge is 0.433 e. The summed E-state index contributed by atoms with van der Waals surface area (Å²) in [4.78, 5) is 12.1. The van der Waals surface area contributed by atoms with Gasteiger partial charge in [0.25, 0.3) is 0 Å². The summed E-state index contributed by atoms with van der Waals surface area (Å²) >= 11 is 0. The van der Waals surface area contributed by atoms with E-state index in [2.05, 4.69) is 47.6 Å². The molecule has 170 valence electrons. The monoisotopic (exact) mass is 416 g/mol. The lowest BCUT2D eigenvalue weighted by molar-refractivity contribution is -0.269. The van der Waals surface area contributed by atoms with E-state index in [1.807, 2.05) is 0 Å². The van der Waals surface area contributed by atoms with Crippen LogP contribution in [-0.4, -0.2) is 16.9 Å². The Balaban J connectivity index is 1.50. The highest BCUT2D eigenvalue weighted by Gasteiger charge is 2.68. The molecule has 3 nitrogen and oxygen atoms in total. The first kappa shape index (κ1) is 22.4. The van der Waals surface area contributed by atoms with Crippen molar-refractivity contribution >= 4 is 5.97 Å². The zero-order valence-electron chi connectivity index (χ0n) is 20.2. The van der Waals surface area contributed by atoms with E-state index >= 15 is 0 Å². The Bertz CT molecular complexity index is 711. The van der Waals surface area contributed by atoms with Gasteiger partial charge in [-0.25, -0.2) is 0 Å². The zero-order chi connectivity index (χ0) is 21.9. The molecule has 0 radical (unpaired) electrons. The zero-order valence-corrected chi connectivity index (χ0v) is 20.2. The lowest BCUT2D eigenvalue weighted by Gasteiger charge is -2.58. The van der Waals surface area contributed by atoms with E-state index in [1.165, 1.54) is 32.1 Å². The Hall–Kier alpha value is -0.830. The molecule has 0 aromatic rings. The maximum atomic E-state index is 12.1. The molecule has 0 spiro atoms. The van der Waals surface area contributed by atoms with Crippen LogP contribution in [0.25, 0.3) is 0 Å². The third kappa shape index (κ3) is 3.21. The van der Waals surface area contributed by atoms with Gasteiger partial charge < -0.3 is 9.84 Å². The van der Waals surface area contributed by atoms with Gasteiger partial charge >= 0.3 is 5.97 Å². The van der Waals surface area contributed by atoms with Crippen LogP contribution in [-0.2, 0) is 9.53 Å². The maximum absolute atomic E-state index is 12.1. The molecule has 1 aliphatic heterocycles. The van der Waals surface area contributed by atoms with Crippen molar-refractivity contribution in [2.45, 2.75) is 105 Å². The minimum Gasteiger partial charge on any atom is -0.433 e. The number of allylic oxidation sites excluding steroid dienone is 2. The van der Waals surface area contributed by atoms with Crippen molar-refractivity contribution in [3.8, 4) is 0 Å². The van der Waals surface area contributed by atoms with Crippen LogP contribution in [0.3, 0.4) is 0 Å². The summed E-state index contributed by atoms with van der Waals surface area (Å²) in [6.07, 6.45) is 12.0. The quantitative estimate of drug-likeness (QED) is 0.411. The molecule has 0 aromatic carbocycles. The summed E-state index contributed by atoms with van der Waals surface area (Å²) < 4.78 is 5.50. The van der Waals surface area contributed by atoms with Gasteiger partial charge in [0, 0.05) is 11.8 Å². The average molecular weight is 417 g/mol. The minimum absolute atomic E-state index is 0.197. The molecule has 3 heteroatoms. The second-order valence-corrected chi connectivity index (χ2v) is 12.0. The van der Waals surface area contributed by atoms with Crippen LogP contribution >= 0.6 is 0 Å². The first-order valence-electron chi connectivity index (χ1n) is 12.6. The predicted octanol–water partition coefficient (Wildman–Crippen LogP) is 6.50. The van der Waals surface area contributed by atoms with Crippen LogP contribution in [0, 0.1) is 46.3 Å². The number of hydrogen-bond acceptors (Lipinski definition) is 3. The smallest absolute Gasteiger partial charge is 0.309 e. The molecule has 3 saturated carbocycles. The van der Waals surface area contributed by atoms with Gasteiger partial charge in [0.2, 0.25) is 5.79 Å². The summed E-state index contributed by atoms with van der Waals surface area (Å²) in [5, 5.41) is 11.2. The molecule has 3 aliphatic carbocycles. The molecule has 4 aliphatic rings. The van der Waals surface area contributed by atoms with E-state index in [-0.39, 0.29) is 5.97 Å². The van der Waals surface area contributed by atoms with Gasteiger partial charge in [-0.3, -0.25) is 4.79 Å². The van der Waals surface area contributed by atoms with Gasteiger partial charge in [-0.15, -0.1) is 0 Å². The summed E-state index contributed by atoms with van der Waals surface area (Å²) in [6.45, 7) is 14.0. The van der Waals surface area contributed by atoms with Gasteiger partial charge in [0.05, 0.1) is 6.42 Å². The Morgan fingerprint density at radius 2 is 1.87 bits per heavy atom. The number of carbonyl (C=O) groups excluding carboxylic acids is 1. The molecule has 4 fully saturated rings. The molecule has 1 heterocycles. The number of fused-ring (bicyclic) bond motifs is 5. The van der Waals surface area contributed by atoms with Crippen molar-refractivity contribution in [2.75, 3.05) is 0 Å². The second kappa shape index (κ2) is 7.64. The fraction of sp³-hybridized carbons (Fsp3) is 0.889. The first-order chi connectivity index (χ1) is 14.1. The highest BCUT2D eigenvalue weighted by atomic mass is 16.7. The Morgan fingerprint density at radius 3 is 2.53 bits per heavy atom. The number of rotatable bonds is 5. The number of ether oxygens (including phenoxy) is 1. The summed E-state index contributed by atoms with van der Waals surface area (Å²) in [6, 6.07) is 0.